The first-order valence-corrected chi connectivity index (χ1v) is 38.5. The van der Waals surface area contributed by atoms with Gasteiger partial charge in [-0.15, -0.1) is 0 Å². The molecule has 112 heavy (non-hydrogen) atoms. The minimum absolute atomic E-state index is 0.0628. The van der Waals surface area contributed by atoms with Gasteiger partial charge in [-0.1, -0.05) is 0 Å². The Bertz CT molecular complexity index is 4850. The van der Waals surface area contributed by atoms with Crippen LogP contribution in [0.5, 0.6) is 23.0 Å². The van der Waals surface area contributed by atoms with E-state index >= 15 is 0 Å². The van der Waals surface area contributed by atoms with Crippen molar-refractivity contribution in [2.75, 3.05) is 26.4 Å². The largest absolute Gasteiger partial charge is 0.491 e. The second-order valence-electron chi connectivity index (χ2n) is 34.5. The van der Waals surface area contributed by atoms with Gasteiger partial charge in [0.1, 0.15) is 170 Å². The summed E-state index contributed by atoms with van der Waals surface area (Å²) in [7, 11) is 0. The third-order valence-electron chi connectivity index (χ3n) is 22.4. The number of hydrogen-bond acceptors (Lipinski definition) is 30. The Morgan fingerprint density at radius 1 is 0.250 bits per heavy atom. The van der Waals surface area contributed by atoms with Gasteiger partial charge >= 0.3 is 0 Å². The van der Waals surface area contributed by atoms with Crippen molar-refractivity contribution in [3.05, 3.63) is 72.8 Å². The Kier molecular flexibility index (Phi) is 16.2. The minimum atomic E-state index is -0.921. The molecule has 4 aromatic carbocycles. The van der Waals surface area contributed by atoms with Crippen molar-refractivity contribution in [3.8, 4) is 68.5 Å². The van der Waals surface area contributed by atoms with E-state index in [-0.39, 0.29) is 26.4 Å². The molecular formula is C80H90N8O24. The Balaban J connectivity index is 0.688. The fourth-order valence-corrected chi connectivity index (χ4v) is 18.1. The molecule has 32 nitrogen and oxygen atoms in total. The Hall–Kier alpha value is -7.36. The molecule has 594 valence electrons. The van der Waals surface area contributed by atoms with Gasteiger partial charge in [-0.2, -0.15) is 0 Å². The number of rotatable bonds is 12. The number of aromatic amines is 2. The lowest BCUT2D eigenvalue weighted by molar-refractivity contribution is -0.238. The van der Waals surface area contributed by atoms with E-state index in [0.29, 0.717) is 113 Å². The summed E-state index contributed by atoms with van der Waals surface area (Å²) in [5.74, 6) is -4.11. The Morgan fingerprint density at radius 2 is 0.482 bits per heavy atom. The molecule has 0 amide bonds. The highest BCUT2D eigenvalue weighted by atomic mass is 16.9. The van der Waals surface area contributed by atoms with E-state index in [4.69, 9.17) is 144 Å². The third kappa shape index (κ3) is 12.7. The van der Waals surface area contributed by atoms with Crippen LogP contribution in [0.3, 0.4) is 0 Å². The van der Waals surface area contributed by atoms with Crippen molar-refractivity contribution in [2.24, 2.45) is 0 Å². The zero-order valence-electron chi connectivity index (χ0n) is 64.8. The van der Waals surface area contributed by atoms with E-state index in [1.165, 1.54) is 0 Å². The van der Waals surface area contributed by atoms with E-state index in [1.807, 2.05) is 184 Å². The molecule has 0 aliphatic carbocycles. The van der Waals surface area contributed by atoms with E-state index in [1.54, 1.807) is 0 Å². The molecule has 0 unspecified atom stereocenters. The highest BCUT2D eigenvalue weighted by molar-refractivity contribution is 6.07. The van der Waals surface area contributed by atoms with Crippen LogP contribution in [0, 0.1) is 0 Å². The van der Waals surface area contributed by atoms with Crippen molar-refractivity contribution in [2.45, 2.75) is 280 Å². The van der Waals surface area contributed by atoms with Gasteiger partial charge in [0.15, 0.2) is 94.8 Å². The number of ether oxygens (including phenoxy) is 24. The molecule has 0 spiro atoms. The molecule has 14 aliphatic rings. The number of hydrogen-bond donors (Lipinski definition) is 2. The highest BCUT2D eigenvalue weighted by Crippen LogP contribution is 2.51. The first-order valence-electron chi connectivity index (χ1n) is 38.5. The second kappa shape index (κ2) is 25.1. The molecule has 7 aromatic rings. The number of aromatic nitrogens is 8. The lowest BCUT2D eigenvalue weighted by Crippen LogP contribution is -2.56. The monoisotopic (exact) mass is 1550 g/mol. The van der Waals surface area contributed by atoms with Gasteiger partial charge in [-0.25, -0.2) is 29.9 Å². The van der Waals surface area contributed by atoms with Crippen molar-refractivity contribution in [1.29, 1.82) is 0 Å². The number of H-pyrrole nitrogens is 2. The van der Waals surface area contributed by atoms with Crippen LogP contribution in [0.15, 0.2) is 72.8 Å². The number of nitrogens with zero attached hydrogens (tertiary/aromatic N) is 6. The quantitative estimate of drug-likeness (QED) is 0.115. The van der Waals surface area contributed by atoms with Gasteiger partial charge in [0.05, 0.1) is 0 Å². The van der Waals surface area contributed by atoms with Gasteiger partial charge in [0, 0.05) is 43.8 Å². The van der Waals surface area contributed by atoms with Crippen LogP contribution in [0.1, 0.15) is 111 Å². The van der Waals surface area contributed by atoms with Crippen LogP contribution < -0.4 is 18.9 Å². The van der Waals surface area contributed by atoms with Crippen LogP contribution in [-0.4, -0.2) is 235 Å². The molecule has 0 saturated carbocycles. The molecule has 12 saturated heterocycles. The average molecular weight is 1550 g/mol. The summed E-state index contributed by atoms with van der Waals surface area (Å²) < 4.78 is 156. The molecule has 14 aliphatic heterocycles. The summed E-state index contributed by atoms with van der Waals surface area (Å²) in [6.07, 6.45) is -11.5. The van der Waals surface area contributed by atoms with Gasteiger partial charge in [0.25, 0.3) is 0 Å². The predicted molar refractivity (Wildman–Crippen MR) is 388 cm³/mol. The number of benzene rings is 4. The fourth-order valence-electron chi connectivity index (χ4n) is 18.1. The average Bonchev–Trinajstić information content (AvgIpc) is 1.60. The summed E-state index contributed by atoms with van der Waals surface area (Å²) in [5, 5.41) is 2.61. The van der Waals surface area contributed by atoms with Crippen molar-refractivity contribution in [1.82, 2.24) is 39.9 Å². The molecule has 3 aromatic heterocycles. The standard InChI is InChI=1S/C80H90N8O24/c1-73(2)97-49-45(93-69-57(53(49)101-73)105-77(9,10)109-69)29-89-33-17-21-37-41(25-33)65-81-61(37)86-66-43-27-35(91-31-47-51-55(103-75(5,6)99-51)59-71(95-47)111-79(13,14)107-59)19-23-39(43)63(83-66)88-68-44-28-36(92-32-48-52-56(104-76(7,8)100-52)60-72(96-48)112-80(15,16)108-60)20-24-40(44)64(84-68)87-67-42-26-34(18-22-38(42)62(82-67)85-65)90-30-46-50-54(102-74(3,4)98-50)58-70(94-46)110-78(11,12)106-58/h17-28,45-60,69-72H,29-32H2,1-16H3,(H2,81,82,83,84,85,86,87,88)/t45-,46-,47-,48-,49+,50+,51+,52+,53+,54+,55+,56+,57-,58-,59-,60-,69-,70-,71-,72-/m1/s1. The van der Waals surface area contributed by atoms with Gasteiger partial charge in [0.2, 0.25) is 0 Å². The minimum Gasteiger partial charge on any atom is -0.491 e. The van der Waals surface area contributed by atoms with Crippen LogP contribution in [-0.2, 0) is 94.7 Å². The second-order valence-corrected chi connectivity index (χ2v) is 34.5. The van der Waals surface area contributed by atoms with Crippen molar-refractivity contribution >= 4 is 44.1 Å². The zero-order chi connectivity index (χ0) is 77.0. The predicted octanol–water partition coefficient (Wildman–Crippen LogP) is 9.97. The molecule has 32 heteroatoms. The third-order valence-corrected chi connectivity index (χ3v) is 22.4. The molecule has 2 N–H and O–H groups in total. The van der Waals surface area contributed by atoms with Gasteiger partial charge in [-0.3, -0.25) is 0 Å². The zero-order valence-corrected chi connectivity index (χ0v) is 64.8. The Morgan fingerprint density at radius 3 is 0.777 bits per heavy atom. The van der Waals surface area contributed by atoms with Crippen LogP contribution in [0.2, 0.25) is 0 Å². The molecule has 12 fully saturated rings. The van der Waals surface area contributed by atoms with Crippen LogP contribution in [0.4, 0.5) is 0 Å². The first-order chi connectivity index (χ1) is 53.1. The molecule has 8 bridgehead atoms. The molecule has 17 heterocycles. The normalized spacial score (nSPS) is 36.2. The topological polar surface area (TPSA) is 330 Å². The maximum atomic E-state index is 6.74. The summed E-state index contributed by atoms with van der Waals surface area (Å²) >= 11 is 0. The lowest BCUT2D eigenvalue weighted by atomic mass is 9.99. The molecule has 21 rings (SSSR count). The summed E-state index contributed by atoms with van der Waals surface area (Å²) in [6.45, 7) is 30.1. The highest BCUT2D eigenvalue weighted by Gasteiger charge is 2.65. The van der Waals surface area contributed by atoms with E-state index in [0.717, 1.165) is 0 Å². The lowest BCUT2D eigenvalue weighted by Gasteiger charge is -2.37. The number of fused-ring (bicyclic) bond motifs is 32. The smallest absolute Gasteiger partial charge is 0.190 e. The first kappa shape index (κ1) is 72.3. The summed E-state index contributed by atoms with van der Waals surface area (Å²) in [6, 6.07) is 22.8. The van der Waals surface area contributed by atoms with Gasteiger partial charge in [-0.05, 0) is 184 Å². The van der Waals surface area contributed by atoms with Crippen molar-refractivity contribution < 1.29 is 114 Å². The molecule has 20 atom stereocenters. The SMILES string of the molecule is CC1(C)O[C@H]2[C@@H](O1)[C@@H](COc1ccc3c(c1)-c1nc-3nc3[nH]c(nc4nc(nc5[nH]c(n1)c1ccc(OC[C@H]6O[C@@H]7OC(C)(C)O[C@@H]7[C@H]7OC(C)(C)O[C@H]76)cc51)-c1ccc(OC[C@H]5O[C@@H]6OC(C)(C)O[C@@H]6[C@H]6OC(C)(C)O[C@H]65)cc1-4)c1ccc(OC[C@H]4O[C@@H]5OC(C)(C)O[C@@H]5[C@H]5OC(C)(C)O[C@H]54)cc31)O[C@@H]1OC(C)(C)O[C@@H]12. The summed E-state index contributed by atoms with van der Waals surface area (Å²) in [5.41, 5.74) is 4.11. The van der Waals surface area contributed by atoms with Crippen molar-refractivity contribution in [3.63, 3.8) is 0 Å². The molecule has 0 radical (unpaired) electrons. The maximum absolute atomic E-state index is 6.74. The van der Waals surface area contributed by atoms with Crippen LogP contribution >= 0.6 is 0 Å². The molecular weight excluding hydrogens is 1460 g/mol. The summed E-state index contributed by atoms with van der Waals surface area (Å²) in [4.78, 5) is 39.5. The van der Waals surface area contributed by atoms with E-state index in [9.17, 15) is 0 Å². The van der Waals surface area contributed by atoms with E-state index < -0.39 is 169 Å². The fraction of sp³-hybridized carbons (Fsp3) is 0.600. The van der Waals surface area contributed by atoms with Crippen LogP contribution in [0.25, 0.3) is 89.7 Å². The van der Waals surface area contributed by atoms with E-state index in [2.05, 4.69) is 9.97 Å². The number of nitrogens with one attached hydrogen (secondary N) is 2. The maximum Gasteiger partial charge on any atom is 0.190 e. The Labute approximate surface area is 642 Å². The van der Waals surface area contributed by atoms with Gasteiger partial charge < -0.3 is 124 Å².